The SMILES string of the molecule is CC1(C)CC(O)(C(=O)[O-])CC(C)(C)[NH2+]1. The number of carboxylic acids is 1. The zero-order valence-corrected chi connectivity index (χ0v) is 9.26. The minimum Gasteiger partial charge on any atom is -0.547 e. The molecule has 1 aliphatic heterocycles. The van der Waals surface area contributed by atoms with Gasteiger partial charge < -0.3 is 20.3 Å². The van der Waals surface area contributed by atoms with Crippen LogP contribution >= 0.6 is 0 Å². The topological polar surface area (TPSA) is 77.0 Å². The molecule has 0 atom stereocenters. The van der Waals surface area contributed by atoms with Crippen molar-refractivity contribution in [2.75, 3.05) is 0 Å². The van der Waals surface area contributed by atoms with E-state index < -0.39 is 11.6 Å². The highest BCUT2D eigenvalue weighted by Gasteiger charge is 2.50. The molecular weight excluding hydrogens is 182 g/mol. The second-order valence-electron chi connectivity index (χ2n) is 5.79. The Balaban J connectivity index is 2.97. The second-order valence-corrected chi connectivity index (χ2v) is 5.79. The van der Waals surface area contributed by atoms with Gasteiger partial charge in [0.2, 0.25) is 0 Å². The largest absolute Gasteiger partial charge is 0.547 e. The number of hydrogen-bond donors (Lipinski definition) is 2. The predicted molar refractivity (Wildman–Crippen MR) is 49.3 cm³/mol. The third-order valence-corrected chi connectivity index (χ3v) is 2.66. The molecule has 14 heavy (non-hydrogen) atoms. The van der Waals surface area contributed by atoms with E-state index in [2.05, 4.69) is 5.32 Å². The van der Waals surface area contributed by atoms with Gasteiger partial charge in [-0.25, -0.2) is 0 Å². The first-order valence-corrected chi connectivity index (χ1v) is 4.87. The van der Waals surface area contributed by atoms with Crippen molar-refractivity contribution in [2.24, 2.45) is 0 Å². The van der Waals surface area contributed by atoms with Crippen molar-refractivity contribution < 1.29 is 20.3 Å². The van der Waals surface area contributed by atoms with Crippen molar-refractivity contribution in [3.05, 3.63) is 0 Å². The monoisotopic (exact) mass is 201 g/mol. The molecule has 4 nitrogen and oxygen atoms in total. The molecule has 1 heterocycles. The molecule has 1 aliphatic rings. The van der Waals surface area contributed by atoms with Gasteiger partial charge in [-0.2, -0.15) is 0 Å². The molecule has 82 valence electrons. The Hall–Kier alpha value is -0.610. The molecule has 0 saturated carbocycles. The molecule has 1 rings (SSSR count). The van der Waals surface area contributed by atoms with Crippen LogP contribution in [0.2, 0.25) is 0 Å². The average Bonchev–Trinajstić information content (AvgIpc) is 1.76. The van der Waals surface area contributed by atoms with E-state index in [1.807, 2.05) is 27.7 Å². The maximum absolute atomic E-state index is 10.9. The molecule has 4 heteroatoms. The van der Waals surface area contributed by atoms with Crippen LogP contribution in [0.5, 0.6) is 0 Å². The van der Waals surface area contributed by atoms with Crippen LogP contribution in [0.3, 0.4) is 0 Å². The molecule has 0 amide bonds. The first-order valence-electron chi connectivity index (χ1n) is 4.87. The van der Waals surface area contributed by atoms with Crippen molar-refractivity contribution in [1.29, 1.82) is 0 Å². The summed E-state index contributed by atoms with van der Waals surface area (Å²) in [4.78, 5) is 10.9. The van der Waals surface area contributed by atoms with Gasteiger partial charge in [-0.3, -0.25) is 0 Å². The van der Waals surface area contributed by atoms with E-state index in [4.69, 9.17) is 0 Å². The molecule has 0 unspecified atom stereocenters. The zero-order valence-electron chi connectivity index (χ0n) is 9.26. The molecule has 0 aromatic rings. The minimum absolute atomic E-state index is 0.228. The number of carbonyl (C=O) groups is 1. The van der Waals surface area contributed by atoms with Crippen molar-refractivity contribution >= 4 is 5.97 Å². The molecule has 3 N–H and O–H groups in total. The average molecular weight is 201 g/mol. The van der Waals surface area contributed by atoms with Crippen LogP contribution in [0.4, 0.5) is 0 Å². The number of carbonyl (C=O) groups excluding carboxylic acids is 1. The van der Waals surface area contributed by atoms with Gasteiger partial charge in [-0.1, -0.05) is 0 Å². The van der Waals surface area contributed by atoms with Crippen LogP contribution in [0.1, 0.15) is 40.5 Å². The number of aliphatic carboxylic acids is 1. The van der Waals surface area contributed by atoms with Crippen LogP contribution < -0.4 is 10.4 Å². The maximum atomic E-state index is 10.9. The third kappa shape index (κ3) is 2.25. The Morgan fingerprint density at radius 3 is 1.86 bits per heavy atom. The minimum atomic E-state index is -1.68. The summed E-state index contributed by atoms with van der Waals surface area (Å²) in [6.45, 7) is 7.73. The van der Waals surface area contributed by atoms with Crippen LogP contribution in [0.15, 0.2) is 0 Å². The number of piperidine rings is 1. The summed E-state index contributed by atoms with van der Waals surface area (Å²) in [7, 11) is 0. The van der Waals surface area contributed by atoms with E-state index in [1.165, 1.54) is 0 Å². The predicted octanol–water partition coefficient (Wildman–Crippen LogP) is -1.62. The molecule has 1 fully saturated rings. The normalized spacial score (nSPS) is 28.4. The van der Waals surface area contributed by atoms with E-state index in [9.17, 15) is 15.0 Å². The smallest absolute Gasteiger partial charge is 0.116 e. The summed E-state index contributed by atoms with van der Waals surface area (Å²) in [6, 6.07) is 0. The van der Waals surface area contributed by atoms with E-state index in [1.54, 1.807) is 0 Å². The molecule has 0 aromatic carbocycles. The summed E-state index contributed by atoms with van der Waals surface area (Å²) >= 11 is 0. The lowest BCUT2D eigenvalue weighted by Gasteiger charge is -2.47. The van der Waals surface area contributed by atoms with Gasteiger partial charge in [0.15, 0.2) is 0 Å². The van der Waals surface area contributed by atoms with Gasteiger partial charge in [0, 0.05) is 12.8 Å². The van der Waals surface area contributed by atoms with E-state index in [0.717, 1.165) is 0 Å². The number of nitrogens with two attached hydrogens (primary N) is 1. The summed E-state index contributed by atoms with van der Waals surface area (Å²) < 4.78 is 0. The lowest BCUT2D eigenvalue weighted by Crippen LogP contribution is -3.07. The Bertz CT molecular complexity index is 242. The standard InChI is InChI=1S/C10H19NO3/c1-8(2)5-10(14,7(12)13)6-9(3,4)11-8/h11,14H,5-6H2,1-4H3,(H,12,13). The zero-order chi connectivity index (χ0) is 11.2. The van der Waals surface area contributed by atoms with E-state index in [-0.39, 0.29) is 23.9 Å². The molecule has 1 saturated heterocycles. The van der Waals surface area contributed by atoms with Crippen molar-refractivity contribution in [1.82, 2.24) is 0 Å². The molecule has 0 bridgehead atoms. The number of aliphatic hydroxyl groups is 1. The number of carboxylic acid groups (broad SMARTS) is 1. The van der Waals surface area contributed by atoms with Gasteiger partial charge in [0.1, 0.15) is 5.60 Å². The fraction of sp³-hybridized carbons (Fsp3) is 0.900. The van der Waals surface area contributed by atoms with Crippen molar-refractivity contribution in [3.63, 3.8) is 0 Å². The van der Waals surface area contributed by atoms with Crippen LogP contribution in [0.25, 0.3) is 0 Å². The highest BCUT2D eigenvalue weighted by molar-refractivity contribution is 5.75. The van der Waals surface area contributed by atoms with Crippen molar-refractivity contribution in [2.45, 2.75) is 57.2 Å². The van der Waals surface area contributed by atoms with Crippen LogP contribution in [0, 0.1) is 0 Å². The highest BCUT2D eigenvalue weighted by atomic mass is 16.4. The Morgan fingerprint density at radius 1 is 1.21 bits per heavy atom. The molecular formula is C10H19NO3. The third-order valence-electron chi connectivity index (χ3n) is 2.66. The Kier molecular flexibility index (Phi) is 2.41. The highest BCUT2D eigenvalue weighted by Crippen LogP contribution is 2.30. The van der Waals surface area contributed by atoms with Gasteiger partial charge in [-0.05, 0) is 27.7 Å². The van der Waals surface area contributed by atoms with Gasteiger partial charge in [-0.15, -0.1) is 0 Å². The molecule has 0 aliphatic carbocycles. The first kappa shape index (κ1) is 11.5. The summed E-state index contributed by atoms with van der Waals surface area (Å²) in [5.74, 6) is -1.35. The van der Waals surface area contributed by atoms with E-state index >= 15 is 0 Å². The van der Waals surface area contributed by atoms with Crippen LogP contribution in [-0.2, 0) is 4.79 Å². The summed E-state index contributed by atoms with van der Waals surface area (Å²) in [5.41, 5.74) is -2.21. The quantitative estimate of drug-likeness (QED) is 0.535. The fourth-order valence-corrected chi connectivity index (χ4v) is 2.87. The molecule has 0 radical (unpaired) electrons. The van der Waals surface area contributed by atoms with Crippen molar-refractivity contribution in [3.8, 4) is 0 Å². The second kappa shape index (κ2) is 2.94. The molecule has 0 spiro atoms. The number of rotatable bonds is 1. The Labute approximate surface area is 84.3 Å². The van der Waals surface area contributed by atoms with Gasteiger partial charge in [0.25, 0.3) is 0 Å². The van der Waals surface area contributed by atoms with E-state index in [0.29, 0.717) is 0 Å². The van der Waals surface area contributed by atoms with Gasteiger partial charge in [0.05, 0.1) is 17.0 Å². The summed E-state index contributed by atoms with van der Waals surface area (Å²) in [5, 5.41) is 22.9. The lowest BCUT2D eigenvalue weighted by molar-refractivity contribution is -0.791. The number of hydrogen-bond acceptors (Lipinski definition) is 3. The van der Waals surface area contributed by atoms with Crippen LogP contribution in [-0.4, -0.2) is 27.8 Å². The lowest BCUT2D eigenvalue weighted by atomic mass is 9.73. The maximum Gasteiger partial charge on any atom is 0.116 e. The fourth-order valence-electron chi connectivity index (χ4n) is 2.87. The molecule has 0 aromatic heterocycles. The number of quaternary nitrogens is 1. The Morgan fingerprint density at radius 2 is 1.57 bits per heavy atom. The van der Waals surface area contributed by atoms with Gasteiger partial charge >= 0.3 is 0 Å². The first-order chi connectivity index (χ1) is 6.06. The summed E-state index contributed by atoms with van der Waals surface area (Å²) in [6.07, 6.45) is 0.456.